The lowest BCUT2D eigenvalue weighted by Gasteiger charge is -2.12. The van der Waals surface area contributed by atoms with Crippen LogP contribution in [0.5, 0.6) is 0 Å². The van der Waals surface area contributed by atoms with Gasteiger partial charge in [-0.2, -0.15) is 0 Å². The number of hydrogen-bond donors (Lipinski definition) is 0. The number of rotatable bonds is 5. The normalized spacial score (nSPS) is 10.9. The van der Waals surface area contributed by atoms with Gasteiger partial charge in [0, 0.05) is 11.4 Å². The second-order valence-corrected chi connectivity index (χ2v) is 6.85. The maximum atomic E-state index is 12.7. The fourth-order valence-corrected chi connectivity index (χ4v) is 3.06. The average Bonchev–Trinajstić information content (AvgIpc) is 2.99. The first-order chi connectivity index (χ1) is 12.9. The Hall–Kier alpha value is -3.14. The van der Waals surface area contributed by atoms with E-state index >= 15 is 0 Å². The highest BCUT2D eigenvalue weighted by atomic mass is 16.5. The molecular weight excluding hydrogens is 338 g/mol. The Bertz CT molecular complexity index is 967. The van der Waals surface area contributed by atoms with Gasteiger partial charge in [0.2, 0.25) is 0 Å². The number of ketones is 1. The summed E-state index contributed by atoms with van der Waals surface area (Å²) in [7, 11) is 0. The van der Waals surface area contributed by atoms with Crippen LogP contribution in [0.3, 0.4) is 0 Å². The number of Topliss-reactive ketones (excluding diaryl/α,β-unsaturated/α-hetero) is 1. The van der Waals surface area contributed by atoms with Crippen LogP contribution in [0.2, 0.25) is 0 Å². The third-order valence-corrected chi connectivity index (χ3v) is 4.38. The van der Waals surface area contributed by atoms with Gasteiger partial charge in [0.15, 0.2) is 0 Å². The molecule has 0 aliphatic heterocycles. The van der Waals surface area contributed by atoms with E-state index in [1.165, 1.54) is 0 Å². The van der Waals surface area contributed by atoms with Crippen molar-refractivity contribution in [2.24, 2.45) is 0 Å². The molecule has 3 aromatic rings. The number of aryl methyl sites for hydroxylation is 1. The van der Waals surface area contributed by atoms with Crippen molar-refractivity contribution in [2.75, 3.05) is 0 Å². The van der Waals surface area contributed by atoms with Crippen molar-refractivity contribution in [3.8, 4) is 16.9 Å². The molecule has 2 aromatic carbocycles. The molecule has 0 radical (unpaired) electrons. The molecule has 4 heteroatoms. The zero-order valence-electron chi connectivity index (χ0n) is 16.0. The number of benzene rings is 2. The Kier molecular flexibility index (Phi) is 5.26. The minimum atomic E-state index is -0.825. The number of hydrogen-bond acceptors (Lipinski definition) is 3. The molecule has 0 unspecified atom stereocenters. The van der Waals surface area contributed by atoms with Crippen LogP contribution in [-0.2, 0) is 9.53 Å². The largest absolute Gasteiger partial charge is 0.457 e. The summed E-state index contributed by atoms with van der Waals surface area (Å²) in [5.74, 6) is -1.45. The topological polar surface area (TPSA) is 48.3 Å². The zero-order chi connectivity index (χ0) is 19.6. The van der Waals surface area contributed by atoms with Gasteiger partial charge in [-0.25, -0.2) is 4.79 Å². The molecule has 0 aliphatic rings. The van der Waals surface area contributed by atoms with E-state index in [1.807, 2.05) is 73.0 Å². The molecule has 27 heavy (non-hydrogen) atoms. The molecule has 0 fully saturated rings. The van der Waals surface area contributed by atoms with Crippen molar-refractivity contribution in [2.45, 2.75) is 33.8 Å². The minimum Gasteiger partial charge on any atom is -0.457 e. The van der Waals surface area contributed by atoms with Crippen LogP contribution in [0.1, 0.15) is 35.5 Å². The van der Waals surface area contributed by atoms with Gasteiger partial charge in [0.25, 0.3) is 5.78 Å². The first-order valence-corrected chi connectivity index (χ1v) is 8.98. The minimum absolute atomic E-state index is 0.338. The first-order valence-electron chi connectivity index (χ1n) is 8.98. The Balaban J connectivity index is 2.16. The average molecular weight is 361 g/mol. The molecule has 138 valence electrons. The van der Waals surface area contributed by atoms with Gasteiger partial charge in [0.05, 0.1) is 17.4 Å². The molecule has 0 N–H and O–H groups in total. The summed E-state index contributed by atoms with van der Waals surface area (Å²) >= 11 is 0. The van der Waals surface area contributed by atoms with E-state index in [1.54, 1.807) is 19.9 Å². The zero-order valence-corrected chi connectivity index (χ0v) is 16.0. The third kappa shape index (κ3) is 3.85. The highest BCUT2D eigenvalue weighted by molar-refractivity contribution is 6.41. The van der Waals surface area contributed by atoms with Crippen molar-refractivity contribution in [3.05, 3.63) is 77.5 Å². The van der Waals surface area contributed by atoms with Gasteiger partial charge in [-0.1, -0.05) is 48.0 Å². The van der Waals surface area contributed by atoms with Crippen LogP contribution in [-0.4, -0.2) is 22.4 Å². The molecule has 0 atom stereocenters. The molecule has 0 bridgehead atoms. The van der Waals surface area contributed by atoms with Gasteiger partial charge in [-0.05, 0) is 51.5 Å². The third-order valence-electron chi connectivity index (χ3n) is 4.38. The van der Waals surface area contributed by atoms with Crippen LogP contribution < -0.4 is 0 Å². The highest BCUT2D eigenvalue weighted by Gasteiger charge is 2.26. The summed E-state index contributed by atoms with van der Waals surface area (Å²) in [4.78, 5) is 24.9. The number of carbonyl (C=O) groups excluding carboxylic acids is 2. The smallest absolute Gasteiger partial charge is 0.379 e. The molecule has 4 nitrogen and oxygen atoms in total. The van der Waals surface area contributed by atoms with Gasteiger partial charge in [-0.3, -0.25) is 4.79 Å². The van der Waals surface area contributed by atoms with E-state index < -0.39 is 11.8 Å². The van der Waals surface area contributed by atoms with E-state index in [0.29, 0.717) is 11.3 Å². The maximum absolute atomic E-state index is 12.7. The summed E-state index contributed by atoms with van der Waals surface area (Å²) in [5.41, 5.74) is 5.00. The lowest BCUT2D eigenvalue weighted by Crippen LogP contribution is -2.21. The van der Waals surface area contributed by atoms with Crippen LogP contribution in [0, 0.1) is 13.8 Å². The summed E-state index contributed by atoms with van der Waals surface area (Å²) in [6.07, 6.45) is -0.338. The summed E-state index contributed by atoms with van der Waals surface area (Å²) in [5, 5.41) is 0. The number of esters is 1. The number of ether oxygens (including phenoxy) is 1. The van der Waals surface area contributed by atoms with Crippen molar-refractivity contribution in [1.82, 2.24) is 4.57 Å². The van der Waals surface area contributed by atoms with E-state index in [4.69, 9.17) is 4.74 Å². The quantitative estimate of drug-likeness (QED) is 0.369. The highest BCUT2D eigenvalue weighted by Crippen LogP contribution is 2.30. The van der Waals surface area contributed by atoms with Gasteiger partial charge in [-0.15, -0.1) is 0 Å². The van der Waals surface area contributed by atoms with Crippen LogP contribution in [0.15, 0.2) is 60.7 Å². The number of nitrogens with zero attached hydrogens (tertiary/aromatic N) is 1. The molecule has 0 aliphatic carbocycles. The fraction of sp³-hybridized carbons (Fsp3) is 0.217. The molecule has 1 heterocycles. The first kappa shape index (κ1) is 18.6. The maximum Gasteiger partial charge on any atom is 0.379 e. The van der Waals surface area contributed by atoms with Crippen molar-refractivity contribution in [1.29, 1.82) is 0 Å². The molecule has 0 spiro atoms. The van der Waals surface area contributed by atoms with E-state index in [-0.39, 0.29) is 6.10 Å². The summed E-state index contributed by atoms with van der Waals surface area (Å²) in [6, 6.07) is 19.7. The number of carbonyl (C=O) groups is 2. The van der Waals surface area contributed by atoms with Crippen molar-refractivity contribution >= 4 is 11.8 Å². The van der Waals surface area contributed by atoms with Gasteiger partial charge >= 0.3 is 5.97 Å². The van der Waals surface area contributed by atoms with Crippen LogP contribution >= 0.6 is 0 Å². The second kappa shape index (κ2) is 7.62. The van der Waals surface area contributed by atoms with E-state index in [2.05, 4.69) is 0 Å². The fourth-order valence-electron chi connectivity index (χ4n) is 3.06. The van der Waals surface area contributed by atoms with Crippen LogP contribution in [0.25, 0.3) is 16.9 Å². The lowest BCUT2D eigenvalue weighted by atomic mass is 10.1. The molecule has 0 saturated carbocycles. The van der Waals surface area contributed by atoms with Gasteiger partial charge in [0.1, 0.15) is 0 Å². The molecule has 1 aromatic heterocycles. The molecule has 0 saturated heterocycles. The Labute approximate surface area is 159 Å². The van der Waals surface area contributed by atoms with Crippen molar-refractivity contribution < 1.29 is 14.3 Å². The lowest BCUT2D eigenvalue weighted by molar-refractivity contribution is -0.141. The van der Waals surface area contributed by atoms with Crippen LogP contribution in [0.4, 0.5) is 0 Å². The second-order valence-electron chi connectivity index (χ2n) is 6.85. The molecular formula is C23H23NO3. The van der Waals surface area contributed by atoms with Crippen molar-refractivity contribution in [3.63, 3.8) is 0 Å². The predicted octanol–water partition coefficient (Wildman–Crippen LogP) is 4.90. The standard InChI is InChI=1S/C23H23NO3/c1-15(2)27-23(26)22(25)20-14-21(18-12-10-16(3)11-13-18)24(17(20)4)19-8-6-5-7-9-19/h5-15H,1-4H3. The Morgan fingerprint density at radius 3 is 2.15 bits per heavy atom. The molecule has 3 rings (SSSR count). The summed E-state index contributed by atoms with van der Waals surface area (Å²) in [6.45, 7) is 7.33. The van der Waals surface area contributed by atoms with E-state index in [9.17, 15) is 9.59 Å². The summed E-state index contributed by atoms with van der Waals surface area (Å²) < 4.78 is 7.10. The number of aromatic nitrogens is 1. The molecule has 0 amide bonds. The van der Waals surface area contributed by atoms with Gasteiger partial charge < -0.3 is 9.30 Å². The predicted molar refractivity (Wildman–Crippen MR) is 106 cm³/mol. The Morgan fingerprint density at radius 1 is 0.926 bits per heavy atom. The number of para-hydroxylation sites is 1. The van der Waals surface area contributed by atoms with E-state index in [0.717, 1.165) is 22.5 Å². The monoisotopic (exact) mass is 361 g/mol. The SMILES string of the molecule is Cc1ccc(-c2cc(C(=O)C(=O)OC(C)C)c(C)n2-c2ccccc2)cc1. The Morgan fingerprint density at radius 2 is 1.56 bits per heavy atom.